The minimum Gasteiger partial charge on any atom is -0.508 e. The second kappa shape index (κ2) is 20.4. The predicted molar refractivity (Wildman–Crippen MR) is 260 cm³/mol. The Morgan fingerprint density at radius 1 is 1.04 bits per heavy atom. The fraction of sp³-hybridized carbons (Fsp3) is 0.538. The highest BCUT2D eigenvalue weighted by Crippen LogP contribution is 2.42. The molecule has 2 aromatic carbocycles. The molecule has 366 valence electrons. The van der Waals surface area contributed by atoms with Crippen LogP contribution < -0.4 is 10.7 Å². The molecule has 6 atom stereocenters. The fourth-order valence-electron chi connectivity index (χ4n) is 9.99. The number of amides is 4. The number of carbonyl (C=O) groups excluding carboxylic acids is 5. The van der Waals surface area contributed by atoms with E-state index in [-0.39, 0.29) is 61.9 Å². The number of ether oxygens (including phenoxy) is 2. The Hall–Kier alpha value is -5.84. The average molecular weight is 935 g/mol. The van der Waals surface area contributed by atoms with Gasteiger partial charge in [0.05, 0.1) is 30.6 Å². The second-order valence-electron chi connectivity index (χ2n) is 20.2. The Labute approximate surface area is 400 Å². The van der Waals surface area contributed by atoms with Crippen molar-refractivity contribution in [3.8, 4) is 28.1 Å². The van der Waals surface area contributed by atoms with Gasteiger partial charge in [-0.3, -0.25) is 38.9 Å². The number of cyclic esters (lactones) is 1. The average Bonchev–Trinajstić information content (AvgIpc) is 4.06. The van der Waals surface area contributed by atoms with Gasteiger partial charge in [-0.1, -0.05) is 39.8 Å². The Balaban J connectivity index is 1.28. The van der Waals surface area contributed by atoms with Gasteiger partial charge in [-0.25, -0.2) is 5.43 Å². The quantitative estimate of drug-likeness (QED) is 0.121. The van der Waals surface area contributed by atoms with Crippen LogP contribution in [0.4, 0.5) is 0 Å². The number of fused-ring (bicyclic) bond motifs is 6. The number of nitrogens with one attached hydrogen (secondary N) is 2. The first-order valence-electron chi connectivity index (χ1n) is 24.0. The number of phenols is 1. The summed E-state index contributed by atoms with van der Waals surface area (Å²) in [6.45, 7) is 17.4. The number of nitrogens with zero attached hydrogens (tertiary/aromatic N) is 6. The smallest absolute Gasteiger partial charge is 0.324 e. The molecule has 3 aliphatic heterocycles. The molecule has 0 aliphatic carbocycles. The van der Waals surface area contributed by atoms with Crippen molar-refractivity contribution in [2.24, 2.45) is 11.3 Å². The van der Waals surface area contributed by atoms with Crippen molar-refractivity contribution >= 4 is 40.5 Å². The predicted octanol–water partition coefficient (Wildman–Crippen LogP) is 5.49. The number of pyridine rings is 1. The van der Waals surface area contributed by atoms with E-state index in [1.807, 2.05) is 57.7 Å². The lowest BCUT2D eigenvalue weighted by molar-refractivity contribution is -0.155. The molecule has 3 N–H and O–H groups in total. The van der Waals surface area contributed by atoms with Gasteiger partial charge in [-0.2, -0.15) is 0 Å². The Kier molecular flexibility index (Phi) is 15.0. The molecule has 4 amide bonds. The van der Waals surface area contributed by atoms with E-state index in [2.05, 4.69) is 54.3 Å². The van der Waals surface area contributed by atoms with E-state index < -0.39 is 47.2 Å². The molecule has 16 heteroatoms. The molecule has 6 bridgehead atoms. The molecule has 0 radical (unpaired) electrons. The summed E-state index contributed by atoms with van der Waals surface area (Å²) in [6.07, 6.45) is 2.94. The summed E-state index contributed by atoms with van der Waals surface area (Å²) < 4.78 is 14.2. The van der Waals surface area contributed by atoms with E-state index in [0.717, 1.165) is 39.0 Å². The third-order valence-electron chi connectivity index (χ3n) is 13.7. The summed E-state index contributed by atoms with van der Waals surface area (Å²) in [7, 11) is 4.80. The third-order valence-corrected chi connectivity index (χ3v) is 13.7. The number of hydrogen-bond donors (Lipinski definition) is 3. The number of hydrogen-bond acceptors (Lipinski definition) is 11. The molecule has 5 heterocycles. The summed E-state index contributed by atoms with van der Waals surface area (Å²) in [5.41, 5.74) is 9.50. The SMILES string of the molecule is CCn1c(-c2cccnc2[C@H](C)OC)c2c3cc(ccc31)-c1cc(O)cc(c1)C[C@H](NC(=O)[C@H](C(C)C)N(C)C(=O)CN(C)C(=O)[C@H]1CN1C(C)C)C(=O)N1CCC[C@H](N1)C(=O)OCC(C)(C)C2. The zero-order valence-corrected chi connectivity index (χ0v) is 41.6. The lowest BCUT2D eigenvalue weighted by Gasteiger charge is -2.37. The van der Waals surface area contributed by atoms with Crippen molar-refractivity contribution in [2.45, 2.75) is 124 Å². The number of phenolic OH excluding ortho intramolecular Hbond substituents is 1. The number of carbonyl (C=O) groups is 5. The minimum atomic E-state index is -1.18. The first-order valence-corrected chi connectivity index (χ1v) is 24.0. The van der Waals surface area contributed by atoms with E-state index in [4.69, 9.17) is 14.5 Å². The lowest BCUT2D eigenvalue weighted by atomic mass is 9.84. The van der Waals surface area contributed by atoms with Gasteiger partial charge >= 0.3 is 5.97 Å². The summed E-state index contributed by atoms with van der Waals surface area (Å²) >= 11 is 0. The number of likely N-dealkylation sites (N-methyl/N-ethyl adjacent to an activating group) is 2. The third kappa shape index (κ3) is 10.6. The van der Waals surface area contributed by atoms with Crippen LogP contribution in [-0.4, -0.2) is 142 Å². The Morgan fingerprint density at radius 2 is 1.79 bits per heavy atom. The number of aromatic nitrogens is 2. The van der Waals surface area contributed by atoms with Crippen molar-refractivity contribution in [3.05, 3.63) is 71.5 Å². The molecular formula is C52H70N8O8. The standard InChI is InChI=1S/C52H70N8O8/c1-12-58-42-18-17-34-25-38(42)39(47(58)37-15-13-19-53-45(37)32(6)67-11)26-52(7,8)29-68-51(66)40-16-14-20-60(55-40)49(64)41(23-33-21-35(34)24-36(61)22-33)54-48(63)46(30(2)3)57(10)44(62)28-56(9)50(65)43-27-59(43)31(4)5/h13,15,17-19,21-22,24-25,30-32,40-41,43,46,55,61H,12,14,16,20,23,26-29H2,1-11H3,(H,54,63)/t32-,40-,41-,43+,46-,59?/m0/s1. The van der Waals surface area contributed by atoms with Crippen molar-refractivity contribution in [1.29, 1.82) is 0 Å². The first-order chi connectivity index (χ1) is 32.2. The molecule has 4 aromatic rings. The van der Waals surface area contributed by atoms with Gasteiger partial charge in [0.15, 0.2) is 0 Å². The van der Waals surface area contributed by atoms with E-state index in [9.17, 15) is 29.1 Å². The molecule has 1 unspecified atom stereocenters. The van der Waals surface area contributed by atoms with E-state index in [0.29, 0.717) is 43.5 Å². The first kappa shape index (κ1) is 50.0. The van der Waals surface area contributed by atoms with E-state index in [1.165, 1.54) is 21.9 Å². The molecular weight excluding hydrogens is 865 g/mol. The number of esters is 1. The topological polar surface area (TPSA) is 179 Å². The molecule has 16 nitrogen and oxygen atoms in total. The van der Waals surface area contributed by atoms with Crippen LogP contribution in [0.2, 0.25) is 0 Å². The summed E-state index contributed by atoms with van der Waals surface area (Å²) in [4.78, 5) is 79.7. The van der Waals surface area contributed by atoms with Crippen molar-refractivity contribution < 1.29 is 38.6 Å². The van der Waals surface area contributed by atoms with Crippen LogP contribution in [-0.2, 0) is 52.8 Å². The van der Waals surface area contributed by atoms with Gasteiger partial charge < -0.3 is 34.3 Å². The van der Waals surface area contributed by atoms with Crippen molar-refractivity contribution in [3.63, 3.8) is 0 Å². The number of hydrazine groups is 1. The number of benzene rings is 2. The maximum Gasteiger partial charge on any atom is 0.324 e. The maximum atomic E-state index is 14.7. The van der Waals surface area contributed by atoms with Crippen molar-refractivity contribution in [2.75, 3.05) is 47.4 Å². The highest BCUT2D eigenvalue weighted by molar-refractivity contribution is 5.96. The van der Waals surface area contributed by atoms with Crippen LogP contribution in [0.1, 0.15) is 91.2 Å². The Morgan fingerprint density at radius 3 is 2.47 bits per heavy atom. The van der Waals surface area contributed by atoms with Gasteiger partial charge in [0.1, 0.15) is 29.9 Å². The molecule has 2 aromatic heterocycles. The van der Waals surface area contributed by atoms with Crippen molar-refractivity contribution in [1.82, 2.24) is 40.0 Å². The van der Waals surface area contributed by atoms with Crippen LogP contribution in [0.3, 0.4) is 0 Å². The Bertz CT molecular complexity index is 2550. The number of rotatable bonds is 12. The van der Waals surface area contributed by atoms with E-state index in [1.54, 1.807) is 32.5 Å². The summed E-state index contributed by atoms with van der Waals surface area (Å²) in [5, 5.41) is 16.7. The van der Waals surface area contributed by atoms with Gasteiger partial charge in [0, 0.05) is 81.4 Å². The molecule has 2 saturated heterocycles. The molecule has 3 aliphatic rings. The molecule has 7 rings (SSSR count). The van der Waals surface area contributed by atoms with Gasteiger partial charge in [-0.15, -0.1) is 0 Å². The normalized spacial score (nSPS) is 21.5. The van der Waals surface area contributed by atoms with Crippen LogP contribution in [0.5, 0.6) is 5.75 Å². The largest absolute Gasteiger partial charge is 0.508 e. The van der Waals surface area contributed by atoms with Gasteiger partial charge in [0.2, 0.25) is 17.7 Å². The monoisotopic (exact) mass is 935 g/mol. The van der Waals surface area contributed by atoms with Gasteiger partial charge in [-0.05, 0) is 112 Å². The number of aromatic hydroxyl groups is 1. The maximum absolute atomic E-state index is 14.7. The number of methoxy groups -OCH3 is 1. The number of aryl methyl sites for hydroxylation is 1. The minimum absolute atomic E-state index is 0.0167. The molecule has 68 heavy (non-hydrogen) atoms. The highest BCUT2D eigenvalue weighted by atomic mass is 16.5. The van der Waals surface area contributed by atoms with Crippen LogP contribution in [0, 0.1) is 11.3 Å². The van der Waals surface area contributed by atoms with E-state index >= 15 is 0 Å². The van der Waals surface area contributed by atoms with Crippen LogP contribution >= 0.6 is 0 Å². The second-order valence-corrected chi connectivity index (χ2v) is 20.2. The molecule has 2 fully saturated rings. The van der Waals surface area contributed by atoms with Crippen LogP contribution in [0.15, 0.2) is 54.7 Å². The zero-order chi connectivity index (χ0) is 49.4. The van der Waals surface area contributed by atoms with Crippen LogP contribution in [0.25, 0.3) is 33.3 Å². The lowest BCUT2D eigenvalue weighted by Crippen LogP contribution is -2.62. The highest BCUT2D eigenvalue weighted by Gasteiger charge is 2.44. The summed E-state index contributed by atoms with van der Waals surface area (Å²) in [6, 6.07) is 12.4. The molecule has 0 spiro atoms. The summed E-state index contributed by atoms with van der Waals surface area (Å²) in [5.74, 6) is -2.50. The van der Waals surface area contributed by atoms with Gasteiger partial charge in [0.25, 0.3) is 5.91 Å². The fourth-order valence-corrected chi connectivity index (χ4v) is 9.99. The zero-order valence-electron chi connectivity index (χ0n) is 41.6. The molecule has 0 saturated carbocycles.